The number of likely N-dealkylation sites (tertiary alicyclic amines) is 1. The zero-order valence-electron chi connectivity index (χ0n) is 47.2. The van der Waals surface area contributed by atoms with Crippen molar-refractivity contribution < 1.29 is 52.9 Å². The van der Waals surface area contributed by atoms with Crippen molar-refractivity contribution in [3.8, 4) is 0 Å². The van der Waals surface area contributed by atoms with Gasteiger partial charge >= 0.3 is 5.97 Å². The molecule has 3 unspecified atom stereocenters. The van der Waals surface area contributed by atoms with Crippen LogP contribution in [-0.2, 0) is 54.3 Å². The molecule has 0 spiro atoms. The Labute approximate surface area is 452 Å². The van der Waals surface area contributed by atoms with E-state index >= 15 is 0 Å². The monoisotopic (exact) mass is 1070 g/mol. The standard InChI is InChI=1S/C58H93N5O11S/c1-12-38(6)52(46(73-10)35-49(66)63-32-24-30-44(63)54(74-11)39(7)55(68)59-43(58(71)72)33-40-25-18-16-19-26-40)62(9)57(70)50(36(2)3)60-56(69)51(37(4)5)61(8)48(65)31-23-17-22-29-42-45(64)34-47(53(42)67)75-41-27-20-14-13-15-21-28-41/h16,18-19,25-26,36-39,41-44,46-47,50-52,54H,12-15,17,20-24,27-35H2,1-11H3,(H,59,68)(H,60,69)(H,71,72)/t38-,39+,42?,43-,44-,46+,47?,50-,51?,52-,54+/m0/s1. The largest absolute Gasteiger partial charge is 0.480 e. The fourth-order valence-corrected chi connectivity index (χ4v) is 13.3. The van der Waals surface area contributed by atoms with Crippen molar-refractivity contribution in [2.24, 2.45) is 29.6 Å². The molecule has 0 radical (unpaired) electrons. The molecule has 3 aliphatic rings. The van der Waals surface area contributed by atoms with Gasteiger partial charge in [0.05, 0.1) is 47.8 Å². The number of carboxylic acid groups (broad SMARTS) is 1. The van der Waals surface area contributed by atoms with Gasteiger partial charge in [0.1, 0.15) is 23.9 Å². The van der Waals surface area contributed by atoms with Gasteiger partial charge in [0.2, 0.25) is 29.5 Å². The number of ketones is 2. The fraction of sp³-hybridized carbons (Fsp3) is 0.759. The molecule has 422 valence electrons. The van der Waals surface area contributed by atoms with Gasteiger partial charge in [-0.15, -0.1) is 11.8 Å². The molecule has 1 heterocycles. The lowest BCUT2D eigenvalue weighted by atomic mass is 9.89. The van der Waals surface area contributed by atoms with Crippen molar-refractivity contribution in [2.75, 3.05) is 34.9 Å². The van der Waals surface area contributed by atoms with Crippen molar-refractivity contribution in [1.29, 1.82) is 0 Å². The van der Waals surface area contributed by atoms with Crippen molar-refractivity contribution in [3.05, 3.63) is 35.9 Å². The Morgan fingerprint density at radius 3 is 2.04 bits per heavy atom. The fourth-order valence-electron chi connectivity index (χ4n) is 11.7. The molecule has 2 aliphatic carbocycles. The van der Waals surface area contributed by atoms with Gasteiger partial charge in [-0.2, -0.15) is 0 Å². The van der Waals surface area contributed by atoms with Crippen LogP contribution >= 0.6 is 11.8 Å². The number of likely N-dealkylation sites (N-methyl/N-ethyl adjacent to an activating group) is 2. The summed E-state index contributed by atoms with van der Waals surface area (Å²) in [6, 6.07) is 5.02. The number of amides is 5. The molecule has 0 aromatic heterocycles. The van der Waals surface area contributed by atoms with E-state index < -0.39 is 72.0 Å². The smallest absolute Gasteiger partial charge is 0.326 e. The minimum atomic E-state index is -1.16. The van der Waals surface area contributed by atoms with Crippen LogP contribution in [0, 0.1) is 29.6 Å². The number of nitrogens with zero attached hydrogens (tertiary/aromatic N) is 3. The zero-order chi connectivity index (χ0) is 55.5. The van der Waals surface area contributed by atoms with Gasteiger partial charge in [-0.05, 0) is 61.8 Å². The molecule has 2 saturated carbocycles. The number of methoxy groups -OCH3 is 2. The van der Waals surface area contributed by atoms with E-state index in [1.807, 2.05) is 59.7 Å². The van der Waals surface area contributed by atoms with Gasteiger partial charge < -0.3 is 39.9 Å². The number of ether oxygens (including phenoxy) is 2. The summed E-state index contributed by atoms with van der Waals surface area (Å²) in [6.07, 6.45) is 11.7. The van der Waals surface area contributed by atoms with E-state index in [9.17, 15) is 43.5 Å². The molecule has 1 aromatic rings. The first-order valence-electron chi connectivity index (χ1n) is 28.1. The Morgan fingerprint density at radius 1 is 0.800 bits per heavy atom. The zero-order valence-corrected chi connectivity index (χ0v) is 48.0. The quantitative estimate of drug-likeness (QED) is 0.0522. The second-order valence-electron chi connectivity index (χ2n) is 22.4. The third-order valence-corrected chi connectivity index (χ3v) is 17.9. The average molecular weight is 1070 g/mol. The number of aliphatic carboxylic acids is 1. The number of rotatable bonds is 29. The molecule has 3 fully saturated rings. The Balaban J connectivity index is 1.36. The molecule has 1 aromatic carbocycles. The normalized spacial score (nSPS) is 21.8. The highest BCUT2D eigenvalue weighted by Crippen LogP contribution is 2.38. The van der Waals surface area contributed by atoms with Crippen LogP contribution in [0.25, 0.3) is 0 Å². The highest BCUT2D eigenvalue weighted by molar-refractivity contribution is 8.01. The first-order valence-corrected chi connectivity index (χ1v) is 29.1. The lowest BCUT2D eigenvalue weighted by Gasteiger charge is -2.41. The van der Waals surface area contributed by atoms with Gasteiger partial charge in [-0.25, -0.2) is 4.79 Å². The lowest BCUT2D eigenvalue weighted by molar-refractivity contribution is -0.149. The number of unbranched alkanes of at least 4 members (excludes halogenated alkanes) is 2. The summed E-state index contributed by atoms with van der Waals surface area (Å²) >= 11 is 1.73. The summed E-state index contributed by atoms with van der Waals surface area (Å²) in [5.74, 6) is -4.88. The van der Waals surface area contributed by atoms with Crippen LogP contribution in [0.1, 0.15) is 163 Å². The van der Waals surface area contributed by atoms with Crippen LogP contribution in [0.5, 0.6) is 0 Å². The van der Waals surface area contributed by atoms with E-state index in [1.165, 1.54) is 51.2 Å². The Kier molecular flexibility index (Phi) is 26.2. The number of hydrogen-bond acceptors (Lipinski definition) is 11. The summed E-state index contributed by atoms with van der Waals surface area (Å²) in [5, 5.41) is 15.9. The average Bonchev–Trinajstić information content (AvgIpc) is 3.95. The number of hydrogen-bond donors (Lipinski definition) is 3. The highest BCUT2D eigenvalue weighted by atomic mass is 32.2. The van der Waals surface area contributed by atoms with Crippen LogP contribution in [0.3, 0.4) is 0 Å². The van der Waals surface area contributed by atoms with E-state index in [1.54, 1.807) is 54.7 Å². The molecule has 1 saturated heterocycles. The molecular formula is C58H93N5O11S. The van der Waals surface area contributed by atoms with Gasteiger partial charge in [0.15, 0.2) is 5.78 Å². The van der Waals surface area contributed by atoms with Gasteiger partial charge in [0, 0.05) is 59.4 Å². The summed E-state index contributed by atoms with van der Waals surface area (Å²) in [6.45, 7) is 13.5. The maximum absolute atomic E-state index is 14.7. The maximum atomic E-state index is 14.7. The van der Waals surface area contributed by atoms with Crippen LogP contribution in [0.15, 0.2) is 30.3 Å². The summed E-state index contributed by atoms with van der Waals surface area (Å²) < 4.78 is 12.0. The SMILES string of the molecule is CC[C@H](C)[C@@H]([C@@H](CC(=O)N1CCC[C@H]1[C@H](OC)[C@@H](C)C(=O)N[C@@H](Cc1ccccc1)C(=O)O)OC)N(C)C(=O)[C@@H](NC(=O)C(C(C)C)N(C)C(=O)CCCCCC1C(=O)CC(SC2CCCCCCC2)C1=O)C(C)C. The molecule has 4 rings (SSSR count). The van der Waals surface area contributed by atoms with Crippen LogP contribution in [0.2, 0.25) is 0 Å². The highest BCUT2D eigenvalue weighted by Gasteiger charge is 2.45. The molecule has 16 nitrogen and oxygen atoms in total. The predicted octanol–water partition coefficient (Wildman–Crippen LogP) is 7.67. The molecule has 11 atom stereocenters. The second kappa shape index (κ2) is 31.2. The van der Waals surface area contributed by atoms with E-state index in [0.717, 1.165) is 18.4 Å². The van der Waals surface area contributed by atoms with E-state index in [2.05, 4.69) is 10.6 Å². The molecule has 0 bridgehead atoms. The van der Waals surface area contributed by atoms with E-state index in [0.29, 0.717) is 63.2 Å². The number of thioether (sulfide) groups is 1. The Bertz CT molecular complexity index is 2030. The third-order valence-electron chi connectivity index (χ3n) is 16.3. The van der Waals surface area contributed by atoms with E-state index in [4.69, 9.17) is 9.47 Å². The van der Waals surface area contributed by atoms with Gasteiger partial charge in [0.25, 0.3) is 0 Å². The first kappa shape index (κ1) is 63.2. The first-order chi connectivity index (χ1) is 35.7. The molecule has 3 N–H and O–H groups in total. The molecule has 1 aliphatic heterocycles. The van der Waals surface area contributed by atoms with Crippen molar-refractivity contribution in [2.45, 2.75) is 217 Å². The summed E-state index contributed by atoms with van der Waals surface area (Å²) in [5.41, 5.74) is 0.766. The topological polar surface area (TPSA) is 209 Å². The number of carboxylic acids is 1. The van der Waals surface area contributed by atoms with Gasteiger partial charge in [-0.1, -0.05) is 130 Å². The molecule has 75 heavy (non-hydrogen) atoms. The Hall–Kier alpha value is -4.35. The number of nitrogens with one attached hydrogen (secondary N) is 2. The maximum Gasteiger partial charge on any atom is 0.326 e. The third kappa shape index (κ3) is 17.8. The summed E-state index contributed by atoms with van der Waals surface area (Å²) in [7, 11) is 6.28. The number of carbonyl (C=O) groups excluding carboxylic acids is 7. The Morgan fingerprint density at radius 2 is 1.45 bits per heavy atom. The number of benzene rings is 1. The number of Topliss-reactive ketones (excluding diaryl/α,β-unsaturated/α-hetero) is 2. The van der Waals surface area contributed by atoms with Crippen molar-refractivity contribution in [1.82, 2.24) is 25.3 Å². The van der Waals surface area contributed by atoms with Crippen molar-refractivity contribution >= 4 is 58.8 Å². The van der Waals surface area contributed by atoms with Crippen molar-refractivity contribution in [3.63, 3.8) is 0 Å². The molecule has 17 heteroatoms. The summed E-state index contributed by atoms with van der Waals surface area (Å²) in [4.78, 5) is 114. The second-order valence-corrected chi connectivity index (χ2v) is 23.9. The predicted molar refractivity (Wildman–Crippen MR) is 293 cm³/mol. The molecular weight excluding hydrogens is 975 g/mol. The van der Waals surface area contributed by atoms with Crippen LogP contribution in [-0.4, -0.2) is 155 Å². The lowest BCUT2D eigenvalue weighted by Crippen LogP contribution is -2.60. The minimum absolute atomic E-state index is 0.0486. The molecule has 5 amide bonds. The van der Waals surface area contributed by atoms with E-state index in [-0.39, 0.29) is 71.6 Å². The number of carbonyl (C=O) groups is 8. The van der Waals surface area contributed by atoms with Gasteiger partial charge in [-0.3, -0.25) is 33.6 Å². The van der Waals surface area contributed by atoms with Crippen LogP contribution < -0.4 is 10.6 Å². The minimum Gasteiger partial charge on any atom is -0.480 e. The van der Waals surface area contributed by atoms with Crippen LogP contribution in [0.4, 0.5) is 0 Å².